The van der Waals surface area contributed by atoms with Crippen LogP contribution in [0.3, 0.4) is 0 Å². The molecule has 0 radical (unpaired) electrons. The molecule has 1 aromatic heterocycles. The van der Waals surface area contributed by atoms with Gasteiger partial charge in [-0.25, -0.2) is 4.98 Å². The van der Waals surface area contributed by atoms with Crippen molar-refractivity contribution in [3.05, 3.63) is 29.1 Å². The predicted octanol–water partition coefficient (Wildman–Crippen LogP) is 1.07. The van der Waals surface area contributed by atoms with Gasteiger partial charge in [-0.3, -0.25) is 4.79 Å². The molecule has 1 aromatic rings. The summed E-state index contributed by atoms with van der Waals surface area (Å²) >= 11 is 0. The van der Waals surface area contributed by atoms with E-state index in [2.05, 4.69) is 4.98 Å². The Hall–Kier alpha value is -1.69. The summed E-state index contributed by atoms with van der Waals surface area (Å²) in [6.07, 6.45) is 2.10. The summed E-state index contributed by atoms with van der Waals surface area (Å²) in [4.78, 5) is 14.0. The third-order valence-electron chi connectivity index (χ3n) is 1.34. The maximum atomic E-state index is 10.2. The van der Waals surface area contributed by atoms with Crippen LogP contribution >= 0.6 is 0 Å². The minimum absolute atomic E-state index is 0.371. The van der Waals surface area contributed by atoms with Crippen LogP contribution in [0.4, 0.5) is 0 Å². The summed E-state index contributed by atoms with van der Waals surface area (Å²) in [6, 6.07) is 3.56. The number of nitriles is 1. The Bertz CT molecular complexity index is 325. The summed E-state index contributed by atoms with van der Waals surface area (Å²) in [7, 11) is 0. The first-order valence-electron chi connectivity index (χ1n) is 3.10. The zero-order valence-corrected chi connectivity index (χ0v) is 6.03. The van der Waals surface area contributed by atoms with Gasteiger partial charge in [0, 0.05) is 11.8 Å². The fourth-order valence-corrected chi connectivity index (χ4v) is 0.778. The van der Waals surface area contributed by atoms with Crippen molar-refractivity contribution in [3.63, 3.8) is 0 Å². The van der Waals surface area contributed by atoms with Gasteiger partial charge in [0.2, 0.25) is 0 Å². The van der Waals surface area contributed by atoms with Crippen molar-refractivity contribution >= 4 is 6.29 Å². The molecule has 0 fully saturated rings. The Morgan fingerprint density at radius 2 is 2.45 bits per heavy atom. The number of nitrogens with zero attached hydrogens (tertiary/aromatic N) is 2. The lowest BCUT2D eigenvalue weighted by molar-refractivity contribution is 0.112. The maximum absolute atomic E-state index is 10.2. The summed E-state index contributed by atoms with van der Waals surface area (Å²) < 4.78 is 0. The third kappa shape index (κ3) is 1.41. The van der Waals surface area contributed by atoms with Gasteiger partial charge in [0.05, 0.1) is 0 Å². The van der Waals surface area contributed by atoms with Crippen LogP contribution in [-0.2, 0) is 0 Å². The van der Waals surface area contributed by atoms with Crippen LogP contribution in [0, 0.1) is 18.3 Å². The van der Waals surface area contributed by atoms with E-state index in [4.69, 9.17) is 5.26 Å². The van der Waals surface area contributed by atoms with E-state index in [9.17, 15) is 4.79 Å². The van der Waals surface area contributed by atoms with E-state index in [-0.39, 0.29) is 0 Å². The zero-order valence-electron chi connectivity index (χ0n) is 6.03. The first-order chi connectivity index (χ1) is 5.27. The van der Waals surface area contributed by atoms with Crippen LogP contribution in [0.25, 0.3) is 0 Å². The maximum Gasteiger partial charge on any atom is 0.151 e. The molecule has 54 valence electrons. The van der Waals surface area contributed by atoms with Crippen molar-refractivity contribution in [2.24, 2.45) is 0 Å². The van der Waals surface area contributed by atoms with Gasteiger partial charge in [-0.2, -0.15) is 5.26 Å². The molecule has 0 bridgehead atoms. The van der Waals surface area contributed by atoms with Crippen LogP contribution in [0.15, 0.2) is 12.3 Å². The quantitative estimate of drug-likeness (QED) is 0.557. The van der Waals surface area contributed by atoms with E-state index in [1.54, 1.807) is 13.0 Å². The monoisotopic (exact) mass is 146 g/mol. The lowest BCUT2D eigenvalue weighted by Crippen LogP contribution is -1.90. The van der Waals surface area contributed by atoms with Crippen molar-refractivity contribution in [2.45, 2.75) is 6.92 Å². The Morgan fingerprint density at radius 1 is 1.73 bits per heavy atom. The number of aromatic nitrogens is 1. The second-order valence-corrected chi connectivity index (χ2v) is 2.16. The Kier molecular flexibility index (Phi) is 1.98. The van der Waals surface area contributed by atoms with Crippen molar-refractivity contribution in [1.29, 1.82) is 5.26 Å². The fourth-order valence-electron chi connectivity index (χ4n) is 0.778. The lowest BCUT2D eigenvalue weighted by atomic mass is 10.2. The van der Waals surface area contributed by atoms with E-state index in [0.717, 1.165) is 5.56 Å². The van der Waals surface area contributed by atoms with Crippen LogP contribution in [0.1, 0.15) is 21.6 Å². The molecule has 0 aliphatic heterocycles. The van der Waals surface area contributed by atoms with E-state index in [1.807, 2.05) is 6.07 Å². The topological polar surface area (TPSA) is 53.8 Å². The largest absolute Gasteiger partial charge is 0.298 e. The van der Waals surface area contributed by atoms with Crippen LogP contribution < -0.4 is 0 Å². The molecule has 0 aromatic carbocycles. The second kappa shape index (κ2) is 2.93. The molecule has 0 N–H and O–H groups in total. The minimum Gasteiger partial charge on any atom is -0.298 e. The summed E-state index contributed by atoms with van der Waals surface area (Å²) in [5.74, 6) is 0. The standard InChI is InChI=1S/C8H6N2O/c1-6-2-7(5-11)4-10-8(6)3-9/h2,4-5H,1H3. The number of aldehydes is 1. The van der Waals surface area contributed by atoms with Gasteiger partial charge in [-0.05, 0) is 18.6 Å². The van der Waals surface area contributed by atoms with Gasteiger partial charge < -0.3 is 0 Å². The highest BCUT2D eigenvalue weighted by molar-refractivity contribution is 5.74. The van der Waals surface area contributed by atoms with Crippen LogP contribution in [0.2, 0.25) is 0 Å². The van der Waals surface area contributed by atoms with Crippen LogP contribution in [-0.4, -0.2) is 11.3 Å². The molecule has 0 spiro atoms. The molecule has 0 aliphatic rings. The molecule has 1 heterocycles. The molecule has 11 heavy (non-hydrogen) atoms. The molecule has 0 saturated carbocycles. The first-order valence-corrected chi connectivity index (χ1v) is 3.10. The SMILES string of the molecule is Cc1cc(C=O)cnc1C#N. The van der Waals surface area contributed by atoms with Crippen molar-refractivity contribution < 1.29 is 4.79 Å². The molecule has 0 atom stereocenters. The van der Waals surface area contributed by atoms with Crippen molar-refractivity contribution in [1.82, 2.24) is 4.98 Å². The average Bonchev–Trinajstić information content (AvgIpc) is 2.04. The van der Waals surface area contributed by atoms with Gasteiger partial charge in [0.25, 0.3) is 0 Å². The summed E-state index contributed by atoms with van der Waals surface area (Å²) in [5.41, 5.74) is 1.61. The van der Waals surface area contributed by atoms with Gasteiger partial charge >= 0.3 is 0 Å². The summed E-state index contributed by atoms with van der Waals surface area (Å²) in [5, 5.41) is 8.48. The smallest absolute Gasteiger partial charge is 0.151 e. The van der Waals surface area contributed by atoms with Crippen molar-refractivity contribution in [3.8, 4) is 6.07 Å². The van der Waals surface area contributed by atoms with E-state index in [1.165, 1.54) is 6.20 Å². The second-order valence-electron chi connectivity index (χ2n) is 2.16. The number of hydrogen-bond donors (Lipinski definition) is 0. The van der Waals surface area contributed by atoms with E-state index >= 15 is 0 Å². The first kappa shape index (κ1) is 7.42. The number of aryl methyl sites for hydroxylation is 1. The molecule has 3 heteroatoms. The van der Waals surface area contributed by atoms with E-state index < -0.39 is 0 Å². The molecule has 0 saturated heterocycles. The highest BCUT2D eigenvalue weighted by atomic mass is 16.1. The molecule has 0 aliphatic carbocycles. The fraction of sp³-hybridized carbons (Fsp3) is 0.125. The molecule has 1 rings (SSSR count). The number of rotatable bonds is 1. The van der Waals surface area contributed by atoms with Gasteiger partial charge in [-0.1, -0.05) is 0 Å². The number of pyridine rings is 1. The van der Waals surface area contributed by atoms with Crippen LogP contribution in [0.5, 0.6) is 0 Å². The van der Waals surface area contributed by atoms with Gasteiger partial charge in [0.15, 0.2) is 6.29 Å². The molecular weight excluding hydrogens is 140 g/mol. The molecular formula is C8H6N2O. The Balaban J connectivity index is 3.22. The third-order valence-corrected chi connectivity index (χ3v) is 1.34. The normalized spacial score (nSPS) is 8.73. The molecule has 3 nitrogen and oxygen atoms in total. The molecule has 0 amide bonds. The highest BCUT2D eigenvalue weighted by Crippen LogP contribution is 2.03. The minimum atomic E-state index is 0.371. The Labute approximate surface area is 64.3 Å². The number of carbonyl (C=O) groups excluding carboxylic acids is 1. The van der Waals surface area contributed by atoms with Gasteiger partial charge in [-0.15, -0.1) is 0 Å². The summed E-state index contributed by atoms with van der Waals surface area (Å²) in [6.45, 7) is 1.75. The Morgan fingerprint density at radius 3 is 2.91 bits per heavy atom. The van der Waals surface area contributed by atoms with Gasteiger partial charge in [0.1, 0.15) is 11.8 Å². The van der Waals surface area contributed by atoms with E-state index in [0.29, 0.717) is 17.5 Å². The van der Waals surface area contributed by atoms with Crippen molar-refractivity contribution in [2.75, 3.05) is 0 Å². The number of carbonyl (C=O) groups is 1. The average molecular weight is 146 g/mol. The molecule has 0 unspecified atom stereocenters. The number of hydrogen-bond acceptors (Lipinski definition) is 3. The predicted molar refractivity (Wildman–Crippen MR) is 39.1 cm³/mol. The lowest BCUT2D eigenvalue weighted by Gasteiger charge is -1.94. The zero-order chi connectivity index (χ0) is 8.27. The highest BCUT2D eigenvalue weighted by Gasteiger charge is 1.98.